The number of sulfonamides is 1. The molecule has 0 unspecified atom stereocenters. The molecule has 0 radical (unpaired) electrons. The normalized spacial score (nSPS) is 12.4. The van der Waals surface area contributed by atoms with E-state index in [2.05, 4.69) is 20.8 Å². The molecule has 10 heteroatoms. The standard InChI is InChI=1S/C26H32ClNO5S3/c1-17-14-20(7-8-22(17)33-16-24(29)30)34-13-12-28(11-10-26(3,4)5)36(31,32)25-18(2)21-15-19(27)6-9-23(21)35-25/h6-9,14-15H,10-13,16H2,1-5H3,(H,29,30). The Balaban J connectivity index is 1.79. The Kier molecular flexibility index (Phi) is 9.38. The maximum atomic E-state index is 13.8. The van der Waals surface area contributed by atoms with Crippen LogP contribution in [0, 0.1) is 19.3 Å². The molecule has 0 fully saturated rings. The number of fused-ring (bicyclic) bond motifs is 1. The summed E-state index contributed by atoms with van der Waals surface area (Å²) in [7, 11) is -3.69. The first kappa shape index (κ1) is 28.8. The maximum absolute atomic E-state index is 13.8. The van der Waals surface area contributed by atoms with Gasteiger partial charge in [0.15, 0.2) is 6.61 Å². The highest BCUT2D eigenvalue weighted by atomic mass is 35.5. The summed E-state index contributed by atoms with van der Waals surface area (Å²) in [6.07, 6.45) is 0.737. The summed E-state index contributed by atoms with van der Waals surface area (Å²) in [6.45, 7) is 10.4. The van der Waals surface area contributed by atoms with E-state index in [1.54, 1.807) is 28.2 Å². The lowest BCUT2D eigenvalue weighted by atomic mass is 9.92. The first-order chi connectivity index (χ1) is 16.8. The minimum atomic E-state index is -3.69. The second kappa shape index (κ2) is 11.7. The lowest BCUT2D eigenvalue weighted by Crippen LogP contribution is -2.35. The van der Waals surface area contributed by atoms with Gasteiger partial charge < -0.3 is 9.84 Å². The fourth-order valence-corrected chi connectivity index (χ4v) is 8.21. The van der Waals surface area contributed by atoms with Crippen LogP contribution in [0.25, 0.3) is 10.1 Å². The number of ether oxygens (including phenoxy) is 1. The quantitative estimate of drug-likeness (QED) is 0.254. The van der Waals surface area contributed by atoms with Gasteiger partial charge in [-0.15, -0.1) is 23.1 Å². The molecule has 0 aliphatic carbocycles. The molecule has 2 aromatic carbocycles. The van der Waals surface area contributed by atoms with Crippen LogP contribution in [0.5, 0.6) is 5.75 Å². The Bertz CT molecular complexity index is 1350. The van der Waals surface area contributed by atoms with Gasteiger partial charge in [0.25, 0.3) is 10.0 Å². The molecule has 0 bridgehead atoms. The molecule has 3 aromatic rings. The zero-order valence-electron chi connectivity index (χ0n) is 21.1. The zero-order valence-corrected chi connectivity index (χ0v) is 24.3. The number of thiophene rings is 1. The van der Waals surface area contributed by atoms with E-state index in [0.717, 1.165) is 32.5 Å². The third kappa shape index (κ3) is 7.38. The Morgan fingerprint density at radius 3 is 2.50 bits per heavy atom. The highest BCUT2D eigenvalue weighted by Crippen LogP contribution is 2.37. The fourth-order valence-electron chi connectivity index (χ4n) is 3.62. The second-order valence-electron chi connectivity index (χ2n) is 9.83. The number of nitrogens with zero attached hydrogens (tertiary/aromatic N) is 1. The molecular formula is C26H32ClNO5S3. The van der Waals surface area contributed by atoms with Crippen molar-refractivity contribution in [3.8, 4) is 5.75 Å². The summed E-state index contributed by atoms with van der Waals surface area (Å²) in [4.78, 5) is 11.7. The Morgan fingerprint density at radius 2 is 1.86 bits per heavy atom. The highest BCUT2D eigenvalue weighted by molar-refractivity contribution is 7.99. The van der Waals surface area contributed by atoms with Crippen LogP contribution in [0.4, 0.5) is 0 Å². The van der Waals surface area contributed by atoms with Crippen molar-refractivity contribution in [1.82, 2.24) is 4.31 Å². The van der Waals surface area contributed by atoms with E-state index in [-0.39, 0.29) is 5.41 Å². The largest absolute Gasteiger partial charge is 0.482 e. The molecule has 36 heavy (non-hydrogen) atoms. The van der Waals surface area contributed by atoms with Crippen molar-refractivity contribution in [2.45, 2.75) is 50.1 Å². The van der Waals surface area contributed by atoms with Gasteiger partial charge in [0.2, 0.25) is 0 Å². The number of hydrogen-bond donors (Lipinski definition) is 1. The first-order valence-electron chi connectivity index (χ1n) is 11.5. The zero-order chi connectivity index (χ0) is 26.7. The topological polar surface area (TPSA) is 83.9 Å². The van der Waals surface area contributed by atoms with E-state index < -0.39 is 22.6 Å². The number of carbonyl (C=O) groups is 1. The van der Waals surface area contributed by atoms with Gasteiger partial charge in [0.1, 0.15) is 9.96 Å². The third-order valence-corrected chi connectivity index (χ3v) is 10.6. The Hall–Kier alpha value is -1.78. The summed E-state index contributed by atoms with van der Waals surface area (Å²) >= 11 is 9.01. The number of aliphatic carboxylic acids is 1. The highest BCUT2D eigenvalue weighted by Gasteiger charge is 2.30. The predicted octanol–water partition coefficient (Wildman–Crippen LogP) is 6.85. The van der Waals surface area contributed by atoms with Gasteiger partial charge in [-0.05, 0) is 78.6 Å². The maximum Gasteiger partial charge on any atom is 0.341 e. The van der Waals surface area contributed by atoms with Crippen molar-refractivity contribution >= 4 is 60.8 Å². The van der Waals surface area contributed by atoms with Crippen molar-refractivity contribution in [1.29, 1.82) is 0 Å². The van der Waals surface area contributed by atoms with Crippen LogP contribution in [-0.2, 0) is 14.8 Å². The molecule has 1 N–H and O–H groups in total. The monoisotopic (exact) mass is 569 g/mol. The van der Waals surface area contributed by atoms with Crippen LogP contribution < -0.4 is 4.74 Å². The molecule has 0 saturated carbocycles. The average Bonchev–Trinajstić information content (AvgIpc) is 3.11. The van der Waals surface area contributed by atoms with Crippen molar-refractivity contribution in [3.05, 3.63) is 52.5 Å². The number of thioether (sulfide) groups is 1. The lowest BCUT2D eigenvalue weighted by Gasteiger charge is -2.26. The van der Waals surface area contributed by atoms with Crippen LogP contribution in [-0.4, -0.2) is 49.2 Å². The summed E-state index contributed by atoms with van der Waals surface area (Å²) in [6, 6.07) is 11.0. The molecule has 1 aromatic heterocycles. The van der Waals surface area contributed by atoms with Crippen LogP contribution in [0.3, 0.4) is 0 Å². The summed E-state index contributed by atoms with van der Waals surface area (Å²) < 4.78 is 35.8. The summed E-state index contributed by atoms with van der Waals surface area (Å²) in [5.41, 5.74) is 1.56. The number of benzene rings is 2. The number of halogens is 1. The van der Waals surface area contributed by atoms with Gasteiger partial charge >= 0.3 is 5.97 Å². The van der Waals surface area contributed by atoms with E-state index in [9.17, 15) is 13.2 Å². The van der Waals surface area contributed by atoms with Gasteiger partial charge in [-0.1, -0.05) is 32.4 Å². The molecule has 0 amide bonds. The van der Waals surface area contributed by atoms with Gasteiger partial charge in [-0.25, -0.2) is 13.2 Å². The van der Waals surface area contributed by atoms with Gasteiger partial charge in [0, 0.05) is 33.5 Å². The minimum absolute atomic E-state index is 0.00740. The van der Waals surface area contributed by atoms with Gasteiger partial charge in [-0.2, -0.15) is 4.31 Å². The predicted molar refractivity (Wildman–Crippen MR) is 149 cm³/mol. The molecule has 3 rings (SSSR count). The summed E-state index contributed by atoms with van der Waals surface area (Å²) in [5.74, 6) is 0.0753. The van der Waals surface area contributed by atoms with E-state index in [4.69, 9.17) is 21.4 Å². The van der Waals surface area contributed by atoms with Crippen LogP contribution >= 0.6 is 34.7 Å². The first-order valence-corrected chi connectivity index (χ1v) is 15.2. The van der Waals surface area contributed by atoms with Crippen molar-refractivity contribution in [3.63, 3.8) is 0 Å². The van der Waals surface area contributed by atoms with Crippen molar-refractivity contribution in [2.75, 3.05) is 25.4 Å². The lowest BCUT2D eigenvalue weighted by molar-refractivity contribution is -0.139. The Labute approximate surface area is 226 Å². The van der Waals surface area contributed by atoms with Crippen molar-refractivity contribution < 1.29 is 23.1 Å². The number of aryl methyl sites for hydroxylation is 2. The van der Waals surface area contributed by atoms with E-state index in [0.29, 0.717) is 33.8 Å². The molecule has 0 aliphatic heterocycles. The average molecular weight is 570 g/mol. The Morgan fingerprint density at radius 1 is 1.14 bits per heavy atom. The molecule has 0 saturated heterocycles. The molecule has 0 spiro atoms. The molecule has 1 heterocycles. The molecule has 0 aliphatic rings. The summed E-state index contributed by atoms with van der Waals surface area (Å²) in [5, 5.41) is 10.3. The van der Waals surface area contributed by atoms with Gasteiger partial charge in [-0.3, -0.25) is 0 Å². The van der Waals surface area contributed by atoms with E-state index in [1.165, 1.54) is 11.3 Å². The van der Waals surface area contributed by atoms with Crippen LogP contribution in [0.15, 0.2) is 45.5 Å². The number of carboxylic acids is 1. The molecule has 196 valence electrons. The SMILES string of the molecule is Cc1cc(SCCN(CCC(C)(C)C)S(=O)(=O)c2sc3ccc(Cl)cc3c2C)ccc1OCC(=O)O. The van der Waals surface area contributed by atoms with Gasteiger partial charge in [0.05, 0.1) is 0 Å². The van der Waals surface area contributed by atoms with E-state index in [1.807, 2.05) is 38.1 Å². The number of rotatable bonds is 11. The fraction of sp³-hybridized carbons (Fsp3) is 0.423. The second-order valence-corrected chi connectivity index (χ2v) is 14.6. The molecule has 6 nitrogen and oxygen atoms in total. The number of carboxylic acid groups (broad SMARTS) is 1. The van der Waals surface area contributed by atoms with E-state index >= 15 is 0 Å². The minimum Gasteiger partial charge on any atom is -0.482 e. The number of hydrogen-bond acceptors (Lipinski definition) is 6. The molecule has 0 atom stereocenters. The van der Waals surface area contributed by atoms with Crippen LogP contribution in [0.2, 0.25) is 5.02 Å². The molecular weight excluding hydrogens is 538 g/mol. The smallest absolute Gasteiger partial charge is 0.341 e. The third-order valence-electron chi connectivity index (χ3n) is 5.65. The van der Waals surface area contributed by atoms with Crippen LogP contribution in [0.1, 0.15) is 38.3 Å². The van der Waals surface area contributed by atoms with Crippen molar-refractivity contribution in [2.24, 2.45) is 5.41 Å².